The maximum atomic E-state index is 12.1. The van der Waals surface area contributed by atoms with Crippen LogP contribution in [-0.2, 0) is 4.79 Å². The van der Waals surface area contributed by atoms with Gasteiger partial charge in [-0.3, -0.25) is 4.90 Å². The number of nitrogens with zero attached hydrogens (tertiary/aromatic N) is 2. The number of amides is 1. The second-order valence-corrected chi connectivity index (χ2v) is 3.53. The van der Waals surface area contributed by atoms with E-state index < -0.39 is 16.6 Å². The van der Waals surface area contributed by atoms with Gasteiger partial charge in [-0.15, -0.1) is 0 Å². The molecule has 0 aromatic rings. The lowest BCUT2D eigenvalue weighted by atomic mass is 9.75. The normalized spacial score (nSPS) is 21.4. The minimum absolute atomic E-state index is 0.302. The summed E-state index contributed by atoms with van der Waals surface area (Å²) in [5, 5.41) is -4.07. The number of hydrogen-bond donors (Lipinski definition) is 0. The molecule has 0 saturated heterocycles. The predicted octanol–water partition coefficient (Wildman–Crippen LogP) is 1.47. The van der Waals surface area contributed by atoms with Gasteiger partial charge in [-0.25, -0.2) is 4.79 Å². The van der Waals surface area contributed by atoms with Gasteiger partial charge in [-0.2, -0.15) is 0 Å². The van der Waals surface area contributed by atoms with Crippen LogP contribution in [0.4, 0.5) is 13.4 Å². The average Bonchev–Trinajstić information content (AvgIpc) is 1.81. The molecule has 0 N–H and O–H groups in total. The highest BCUT2D eigenvalue weighted by atomic mass is 19.6. The summed E-state index contributed by atoms with van der Waals surface area (Å²) in [6.07, 6.45) is 1.29. The monoisotopic (exact) mass is 197 g/mol. The Balaban J connectivity index is 2.84. The predicted molar refractivity (Wildman–Crippen MR) is 38.9 cm³/mol. The molecule has 1 amide bonds. The van der Waals surface area contributed by atoms with Crippen LogP contribution in [-0.4, -0.2) is 35.6 Å². The summed E-state index contributed by atoms with van der Waals surface area (Å²) in [6.45, 7) is 0. The van der Waals surface area contributed by atoms with Crippen LogP contribution in [0, 0.1) is 0 Å². The number of halogens is 3. The SMILES string of the molecule is CN(C)C1(C(=O)[N+](F)(F)F)CCC1. The summed E-state index contributed by atoms with van der Waals surface area (Å²) in [6, 6.07) is 0. The Bertz CT molecular complexity index is 220. The highest BCUT2D eigenvalue weighted by Crippen LogP contribution is 2.40. The number of likely N-dealkylation sites (N-methyl/N-ethyl adjacent to an activating group) is 1. The summed E-state index contributed by atoms with van der Waals surface area (Å²) in [7, 11) is 3.01. The number of rotatable bonds is 2. The van der Waals surface area contributed by atoms with E-state index in [1.807, 2.05) is 0 Å². The molecule has 0 aliphatic heterocycles. The molecule has 6 heteroatoms. The standard InChI is InChI=1S/C7H12F3N2O/c1-11(2)7(4-3-5-7)6(13)12(8,9)10/h3-5H2,1-2H3/q+1. The van der Waals surface area contributed by atoms with Crippen LogP contribution in [0.2, 0.25) is 0 Å². The molecule has 1 saturated carbocycles. The molecule has 0 heterocycles. The lowest BCUT2D eigenvalue weighted by Crippen LogP contribution is -2.61. The summed E-state index contributed by atoms with van der Waals surface area (Å²) in [5.41, 5.74) is -1.29. The Hall–Kier alpha value is -0.620. The summed E-state index contributed by atoms with van der Waals surface area (Å²) < 4.78 is 36.3. The second kappa shape index (κ2) is 2.95. The number of carbonyl (C=O) groups is 1. The lowest BCUT2D eigenvalue weighted by Gasteiger charge is -2.41. The first kappa shape index (κ1) is 10.5. The van der Waals surface area contributed by atoms with Gasteiger partial charge in [-0.1, -0.05) is 0 Å². The molecular weight excluding hydrogens is 185 g/mol. The Morgan fingerprint density at radius 1 is 1.31 bits per heavy atom. The van der Waals surface area contributed by atoms with Crippen LogP contribution in [0.15, 0.2) is 0 Å². The van der Waals surface area contributed by atoms with Crippen molar-refractivity contribution in [1.82, 2.24) is 4.90 Å². The first-order valence-electron chi connectivity index (χ1n) is 4.01. The van der Waals surface area contributed by atoms with Gasteiger partial charge >= 0.3 is 11.1 Å². The Kier molecular flexibility index (Phi) is 2.38. The molecule has 0 spiro atoms. The average molecular weight is 197 g/mol. The van der Waals surface area contributed by atoms with Crippen molar-refractivity contribution >= 4 is 5.91 Å². The highest BCUT2D eigenvalue weighted by molar-refractivity contribution is 5.80. The molecule has 0 atom stereocenters. The molecule has 0 unspecified atom stereocenters. The minimum atomic E-state index is -4.07. The topological polar surface area (TPSA) is 20.3 Å². The zero-order chi connectivity index (χ0) is 10.3. The van der Waals surface area contributed by atoms with Gasteiger partial charge in [0.2, 0.25) is 0 Å². The molecule has 0 aromatic heterocycles. The van der Waals surface area contributed by atoms with Crippen molar-refractivity contribution in [3.63, 3.8) is 0 Å². The molecule has 3 nitrogen and oxygen atoms in total. The molecule has 1 aliphatic carbocycles. The van der Waals surface area contributed by atoms with Crippen molar-refractivity contribution in [2.75, 3.05) is 14.1 Å². The summed E-state index contributed by atoms with van der Waals surface area (Å²) in [4.78, 5) is 12.4. The molecule has 0 bridgehead atoms. The van der Waals surface area contributed by atoms with E-state index in [0.717, 1.165) is 0 Å². The van der Waals surface area contributed by atoms with Crippen LogP contribution >= 0.6 is 0 Å². The van der Waals surface area contributed by atoms with E-state index in [1.54, 1.807) is 0 Å². The van der Waals surface area contributed by atoms with E-state index in [0.29, 0.717) is 19.3 Å². The third kappa shape index (κ3) is 1.55. The van der Waals surface area contributed by atoms with Gasteiger partial charge in [0, 0.05) is 0 Å². The Morgan fingerprint density at radius 3 is 1.85 bits per heavy atom. The zero-order valence-electron chi connectivity index (χ0n) is 7.56. The van der Waals surface area contributed by atoms with Crippen molar-refractivity contribution in [3.8, 4) is 0 Å². The quantitative estimate of drug-likeness (QED) is 0.625. The molecule has 1 aliphatic rings. The molecule has 13 heavy (non-hydrogen) atoms. The van der Waals surface area contributed by atoms with Gasteiger partial charge < -0.3 is 0 Å². The van der Waals surface area contributed by atoms with E-state index in [4.69, 9.17) is 0 Å². The summed E-state index contributed by atoms with van der Waals surface area (Å²) in [5.74, 6) is -1.66. The van der Waals surface area contributed by atoms with Crippen molar-refractivity contribution < 1.29 is 23.4 Å². The van der Waals surface area contributed by atoms with Crippen molar-refractivity contribution in [2.24, 2.45) is 0 Å². The van der Waals surface area contributed by atoms with Crippen molar-refractivity contribution in [1.29, 1.82) is 0 Å². The van der Waals surface area contributed by atoms with E-state index >= 15 is 0 Å². The van der Waals surface area contributed by atoms with Crippen LogP contribution in [0.1, 0.15) is 19.3 Å². The largest absolute Gasteiger partial charge is 0.454 e. The van der Waals surface area contributed by atoms with Crippen molar-refractivity contribution in [2.45, 2.75) is 24.8 Å². The molecule has 1 rings (SSSR count). The molecule has 1 fully saturated rings. The summed E-state index contributed by atoms with van der Waals surface area (Å²) >= 11 is 0. The minimum Gasteiger partial charge on any atom is -0.292 e. The van der Waals surface area contributed by atoms with Crippen LogP contribution < -0.4 is 0 Å². The second-order valence-electron chi connectivity index (χ2n) is 3.53. The van der Waals surface area contributed by atoms with Gasteiger partial charge in [0.25, 0.3) is 0 Å². The molecule has 0 aromatic carbocycles. The third-order valence-electron chi connectivity index (χ3n) is 2.67. The zero-order valence-corrected chi connectivity index (χ0v) is 7.56. The number of hydrogen-bond acceptors (Lipinski definition) is 2. The smallest absolute Gasteiger partial charge is 0.292 e. The fourth-order valence-electron chi connectivity index (χ4n) is 1.60. The maximum Gasteiger partial charge on any atom is 0.454 e. The molecular formula is C7H12F3N2O+. The van der Waals surface area contributed by atoms with Gasteiger partial charge in [0.05, 0.1) is 13.4 Å². The number of carbonyl (C=O) groups excluding carboxylic acids is 1. The van der Waals surface area contributed by atoms with Crippen LogP contribution in [0.25, 0.3) is 0 Å². The van der Waals surface area contributed by atoms with Gasteiger partial charge in [0.15, 0.2) is 0 Å². The van der Waals surface area contributed by atoms with E-state index in [-0.39, 0.29) is 0 Å². The van der Waals surface area contributed by atoms with E-state index in [1.165, 1.54) is 19.0 Å². The van der Waals surface area contributed by atoms with Crippen molar-refractivity contribution in [3.05, 3.63) is 0 Å². The first-order valence-corrected chi connectivity index (χ1v) is 4.01. The lowest BCUT2D eigenvalue weighted by molar-refractivity contribution is -1.21. The third-order valence-corrected chi connectivity index (χ3v) is 2.67. The first-order chi connectivity index (χ1) is 5.81. The van der Waals surface area contributed by atoms with Crippen LogP contribution in [0.5, 0.6) is 0 Å². The van der Waals surface area contributed by atoms with E-state index in [2.05, 4.69) is 0 Å². The molecule has 0 radical (unpaired) electrons. The fraction of sp³-hybridized carbons (Fsp3) is 0.857. The van der Waals surface area contributed by atoms with Crippen LogP contribution in [0.3, 0.4) is 0 Å². The van der Waals surface area contributed by atoms with Gasteiger partial charge in [0.1, 0.15) is 5.54 Å². The van der Waals surface area contributed by atoms with Gasteiger partial charge in [-0.05, 0) is 33.4 Å². The number of quaternary nitrogens is 1. The highest BCUT2D eigenvalue weighted by Gasteiger charge is 2.62. The Morgan fingerprint density at radius 2 is 1.77 bits per heavy atom. The fourth-order valence-corrected chi connectivity index (χ4v) is 1.60. The maximum absolute atomic E-state index is 12.1. The van der Waals surface area contributed by atoms with E-state index in [9.17, 15) is 18.2 Å². The molecule has 76 valence electrons. The Labute approximate surface area is 74.1 Å².